The molecule has 1 heterocycles. The molecule has 3 nitrogen and oxygen atoms in total. The van der Waals surface area contributed by atoms with Gasteiger partial charge in [0.15, 0.2) is 16.1 Å². The van der Waals surface area contributed by atoms with Crippen LogP contribution in [0.1, 0.15) is 52.7 Å². The third-order valence-electron chi connectivity index (χ3n) is 15.4. The van der Waals surface area contributed by atoms with Crippen molar-refractivity contribution in [1.29, 1.82) is 0 Å². The van der Waals surface area contributed by atoms with Crippen molar-refractivity contribution in [1.82, 2.24) is 0 Å². The third kappa shape index (κ3) is 8.26. The summed E-state index contributed by atoms with van der Waals surface area (Å²) in [5.74, 6) is 0.804. The molecule has 0 aliphatic heterocycles. The average molecular weight is 1040 g/mol. The van der Waals surface area contributed by atoms with Crippen LogP contribution in [0.4, 0.5) is 0 Å². The van der Waals surface area contributed by atoms with Crippen molar-refractivity contribution in [3.8, 4) is 5.75 Å². The van der Waals surface area contributed by atoms with Crippen LogP contribution in [0.5, 0.6) is 5.75 Å². The van der Waals surface area contributed by atoms with Gasteiger partial charge in [0.1, 0.15) is 16.9 Å². The Morgan fingerprint density at radius 1 is 0.329 bits per heavy atom. The quantitative estimate of drug-likeness (QED) is 0.101. The fourth-order valence-corrected chi connectivity index (χ4v) is 23.2. The highest BCUT2D eigenvalue weighted by Crippen LogP contribution is 2.47. The fourth-order valence-electron chi connectivity index (χ4n) is 12.1. The van der Waals surface area contributed by atoms with Crippen LogP contribution in [-0.2, 0) is 10.8 Å². The molecular formula is C70H61O3PSi2. The summed E-state index contributed by atoms with van der Waals surface area (Å²) in [5, 5.41) is 16.2. The number of hydrogen-bond acceptors (Lipinski definition) is 3. The van der Waals surface area contributed by atoms with Crippen LogP contribution in [-0.4, -0.2) is 16.1 Å². The second-order valence-electron chi connectivity index (χ2n) is 22.1. The van der Waals surface area contributed by atoms with E-state index in [0.717, 1.165) is 70.7 Å². The lowest BCUT2D eigenvalue weighted by molar-refractivity contribution is 0.459. The van der Waals surface area contributed by atoms with Gasteiger partial charge in [-0.2, -0.15) is 0 Å². The maximum absolute atomic E-state index is 8.09. The first-order valence-electron chi connectivity index (χ1n) is 26.4. The number of benzene rings is 11. The minimum atomic E-state index is -3.34. The summed E-state index contributed by atoms with van der Waals surface area (Å²) in [7, 11) is -8.95. The first-order valence-corrected chi connectivity index (χ1v) is 31.5. The topological polar surface area (TPSA) is 35.5 Å². The molecule has 0 bridgehead atoms. The summed E-state index contributed by atoms with van der Waals surface area (Å²) in [5.41, 5.74) is 3.21. The van der Waals surface area contributed by atoms with E-state index in [1.54, 1.807) is 0 Å². The fraction of sp³-hybridized carbons (Fsp3) is 0.114. The summed E-state index contributed by atoms with van der Waals surface area (Å²) in [4.78, 5) is 0. The molecule has 0 amide bonds. The highest BCUT2D eigenvalue weighted by Gasteiger charge is 2.46. The second-order valence-corrected chi connectivity index (χ2v) is 30.6. The molecule has 0 aliphatic carbocycles. The van der Waals surface area contributed by atoms with Gasteiger partial charge in [-0.25, -0.2) is 0 Å². The predicted molar refractivity (Wildman–Crippen MR) is 328 cm³/mol. The Labute approximate surface area is 449 Å². The zero-order chi connectivity index (χ0) is 52.1. The zero-order valence-corrected chi connectivity index (χ0v) is 46.9. The van der Waals surface area contributed by atoms with Crippen LogP contribution >= 0.6 is 8.24 Å². The van der Waals surface area contributed by atoms with Crippen molar-refractivity contribution in [3.05, 3.63) is 272 Å². The summed E-state index contributed by atoms with van der Waals surface area (Å²) in [6.07, 6.45) is 0. The Bertz CT molecular complexity index is 3620. The minimum absolute atomic E-state index is 0.275. The standard InChI is InChI=1S/C70H61O3PSi2/c1-69(2,3)60-46-29-47-61(70(4,5)6)66(60)71-74-72-67-62(75(52-32-13-7-14-33-52,53-34-15-8-16-35-53)54-36-17-9-18-37-54)48-50-30-25-27-44-58(50)64(67)65-59-45-28-26-31-51(59)49-63(68(65)73-74)76(55-38-19-10-20-39-55,56-40-21-11-22-41-56)57-42-23-12-24-43-57/h7-49H,1-6H3. The van der Waals surface area contributed by atoms with Gasteiger partial charge in [-0.05, 0) is 73.9 Å². The van der Waals surface area contributed by atoms with Crippen LogP contribution in [0.25, 0.3) is 43.5 Å². The monoisotopic (exact) mass is 1040 g/mol. The van der Waals surface area contributed by atoms with Crippen LogP contribution in [0.15, 0.2) is 269 Å². The molecule has 372 valence electrons. The molecule has 0 unspecified atom stereocenters. The number of hydrogen-bond donors (Lipinski definition) is 0. The Kier molecular flexibility index (Phi) is 12.7. The van der Waals surface area contributed by atoms with Crippen molar-refractivity contribution in [2.24, 2.45) is 0 Å². The zero-order valence-electron chi connectivity index (χ0n) is 44.0. The first kappa shape index (κ1) is 49.0. The van der Waals surface area contributed by atoms with E-state index in [0.29, 0.717) is 0 Å². The van der Waals surface area contributed by atoms with E-state index >= 15 is 0 Å². The molecule has 1 aromatic heterocycles. The summed E-state index contributed by atoms with van der Waals surface area (Å²) in [6.45, 7) is 13.6. The van der Waals surface area contributed by atoms with E-state index in [1.165, 1.54) is 31.1 Å². The Hall–Kier alpha value is -7.93. The van der Waals surface area contributed by atoms with E-state index in [-0.39, 0.29) is 10.8 Å². The maximum atomic E-state index is 8.09. The highest BCUT2D eigenvalue weighted by atomic mass is 31.1. The molecule has 0 atom stereocenters. The lowest BCUT2D eigenvalue weighted by atomic mass is 9.80. The van der Waals surface area contributed by atoms with Gasteiger partial charge >= 0.3 is 8.24 Å². The van der Waals surface area contributed by atoms with E-state index in [9.17, 15) is 0 Å². The molecule has 0 N–H and O–H groups in total. The van der Waals surface area contributed by atoms with Gasteiger partial charge in [0.2, 0.25) is 0 Å². The van der Waals surface area contributed by atoms with Gasteiger partial charge in [-0.15, -0.1) is 0 Å². The van der Waals surface area contributed by atoms with Gasteiger partial charge in [0.25, 0.3) is 0 Å². The van der Waals surface area contributed by atoms with Gasteiger partial charge in [-0.3, -0.25) is 0 Å². The Morgan fingerprint density at radius 3 is 0.895 bits per heavy atom. The Balaban J connectivity index is 1.40. The van der Waals surface area contributed by atoms with Gasteiger partial charge in [0, 0.05) is 21.9 Å². The molecule has 0 saturated heterocycles. The molecular weight excluding hydrogens is 976 g/mol. The number of para-hydroxylation sites is 1. The molecule has 0 fully saturated rings. The summed E-state index contributed by atoms with van der Waals surface area (Å²) in [6, 6.07) is 96.3. The lowest BCUT2D eigenvalue weighted by Crippen LogP contribution is -2.75. The van der Waals surface area contributed by atoms with Crippen LogP contribution < -0.4 is 46.0 Å². The van der Waals surface area contributed by atoms with E-state index < -0.39 is 24.4 Å². The molecule has 12 rings (SSSR count). The van der Waals surface area contributed by atoms with Crippen LogP contribution in [0.3, 0.4) is 0 Å². The van der Waals surface area contributed by atoms with Gasteiger partial charge < -0.3 is 12.9 Å². The van der Waals surface area contributed by atoms with Crippen LogP contribution in [0, 0.1) is 0 Å². The number of rotatable bonds is 10. The van der Waals surface area contributed by atoms with E-state index in [4.69, 9.17) is 12.9 Å². The first-order chi connectivity index (χ1) is 37.0. The van der Waals surface area contributed by atoms with Crippen molar-refractivity contribution < 1.29 is 12.9 Å². The molecule has 6 heteroatoms. The molecule has 11 aromatic carbocycles. The molecule has 0 radical (unpaired) electrons. The minimum Gasteiger partial charge on any atom is -0.390 e. The van der Waals surface area contributed by atoms with E-state index in [1.807, 2.05) is 0 Å². The third-order valence-corrected chi connectivity index (χ3v) is 26.0. The summed E-state index contributed by atoms with van der Waals surface area (Å²) < 4.78 is 24.0. The normalized spacial score (nSPS) is 12.3. The van der Waals surface area contributed by atoms with Crippen molar-refractivity contribution in [2.75, 3.05) is 0 Å². The molecule has 0 aliphatic rings. The molecule has 76 heavy (non-hydrogen) atoms. The largest absolute Gasteiger partial charge is 0.453 e. The summed E-state index contributed by atoms with van der Waals surface area (Å²) >= 11 is 0. The molecule has 0 spiro atoms. The van der Waals surface area contributed by atoms with Gasteiger partial charge in [0.05, 0.1) is 0 Å². The molecule has 0 saturated carbocycles. The predicted octanol–water partition coefficient (Wildman–Crippen LogP) is 13.8. The number of fused-ring (bicyclic) bond motifs is 7. The van der Waals surface area contributed by atoms with Crippen molar-refractivity contribution in [3.63, 3.8) is 0 Å². The average Bonchev–Trinajstić information content (AvgIpc) is 3.62. The smallest absolute Gasteiger partial charge is 0.390 e. The van der Waals surface area contributed by atoms with Crippen molar-refractivity contribution in [2.45, 2.75) is 52.4 Å². The highest BCUT2D eigenvalue weighted by molar-refractivity contribution is 7.32. The van der Waals surface area contributed by atoms with Crippen LogP contribution in [0.2, 0.25) is 0 Å². The van der Waals surface area contributed by atoms with Crippen molar-refractivity contribution >= 4 is 109 Å². The Morgan fingerprint density at radius 2 is 0.605 bits per heavy atom. The van der Waals surface area contributed by atoms with E-state index in [2.05, 4.69) is 302 Å². The maximum Gasteiger partial charge on any atom is 0.453 e. The molecule has 12 aromatic rings. The second kappa shape index (κ2) is 19.7. The van der Waals surface area contributed by atoms with Gasteiger partial charge in [-0.1, -0.05) is 302 Å². The SMILES string of the molecule is CC(C)(C)c1cccc(C(C)(C)C)c1Op1oc2c([Si](c3ccccc3)(c3ccccc3)c3ccccc3)cc3ccccc3c2c2c(o1)c([Si](c1ccccc1)(c1ccccc1)c1ccccc1)cc1ccccc12. The lowest BCUT2D eigenvalue weighted by Gasteiger charge is -2.35.